The highest BCUT2D eigenvalue weighted by Gasteiger charge is 2.16. The third kappa shape index (κ3) is 1.46. The van der Waals surface area contributed by atoms with Crippen LogP contribution in [0.4, 0.5) is 0 Å². The molecule has 0 aliphatic carbocycles. The van der Waals surface area contributed by atoms with Gasteiger partial charge in [-0.3, -0.25) is 4.57 Å². The van der Waals surface area contributed by atoms with Crippen molar-refractivity contribution in [3.63, 3.8) is 0 Å². The van der Waals surface area contributed by atoms with Gasteiger partial charge in [0.1, 0.15) is 5.65 Å². The summed E-state index contributed by atoms with van der Waals surface area (Å²) in [6.45, 7) is 2.44. The molecule has 0 aliphatic rings. The van der Waals surface area contributed by atoms with Gasteiger partial charge in [0.25, 0.3) is 0 Å². The Morgan fingerprint density at radius 2 is 2.39 bits per heavy atom. The van der Waals surface area contributed by atoms with Gasteiger partial charge in [0.05, 0.1) is 29.9 Å². The van der Waals surface area contributed by atoms with Gasteiger partial charge >= 0.3 is 5.69 Å². The van der Waals surface area contributed by atoms with Crippen molar-refractivity contribution in [2.45, 2.75) is 13.0 Å². The first kappa shape index (κ1) is 11.0. The molecule has 94 valence electrons. The first-order valence-electron chi connectivity index (χ1n) is 5.77. The number of H-pyrrole nitrogens is 2. The van der Waals surface area contributed by atoms with Crippen LogP contribution in [-0.2, 0) is 4.74 Å². The number of rotatable bonds is 3. The summed E-state index contributed by atoms with van der Waals surface area (Å²) < 4.78 is 6.85. The third-order valence-corrected chi connectivity index (χ3v) is 3.11. The van der Waals surface area contributed by atoms with Gasteiger partial charge in [-0.05, 0) is 13.0 Å². The summed E-state index contributed by atoms with van der Waals surface area (Å²) >= 11 is 0. The normalized spacial score (nSPS) is 13.4. The van der Waals surface area contributed by atoms with E-state index in [9.17, 15) is 4.79 Å². The second kappa shape index (κ2) is 3.99. The second-order valence-electron chi connectivity index (χ2n) is 4.36. The molecule has 3 heterocycles. The van der Waals surface area contributed by atoms with Crippen molar-refractivity contribution in [2.24, 2.45) is 0 Å². The molecule has 18 heavy (non-hydrogen) atoms. The van der Waals surface area contributed by atoms with Crippen molar-refractivity contribution in [2.75, 3.05) is 13.7 Å². The number of hydrogen-bond acceptors (Lipinski definition) is 3. The average Bonchev–Trinajstić information content (AvgIpc) is 2.90. The van der Waals surface area contributed by atoms with Gasteiger partial charge in [0.15, 0.2) is 0 Å². The minimum absolute atomic E-state index is 0.0308. The van der Waals surface area contributed by atoms with E-state index >= 15 is 0 Å². The zero-order valence-corrected chi connectivity index (χ0v) is 10.2. The lowest BCUT2D eigenvalue weighted by Gasteiger charge is -2.12. The Hall–Kier alpha value is -2.08. The van der Waals surface area contributed by atoms with Gasteiger partial charge in [-0.1, -0.05) is 0 Å². The molecule has 2 N–H and O–H groups in total. The topological polar surface area (TPSA) is 75.7 Å². The average molecular weight is 246 g/mol. The Balaban J connectivity index is 2.38. The standard InChI is InChI=1S/C12H14N4O2/c1-7(6-18-2)16-10-8-3-4-13-11(8)14-5-9(10)15-12(16)17/h3-5,7H,6H2,1-2H3,(H,13,14)(H,15,17). The van der Waals surface area contributed by atoms with Crippen LogP contribution in [0.3, 0.4) is 0 Å². The molecule has 0 saturated heterocycles. The molecule has 0 saturated carbocycles. The molecule has 0 aliphatic heterocycles. The maximum absolute atomic E-state index is 12.0. The minimum atomic E-state index is -0.134. The smallest absolute Gasteiger partial charge is 0.326 e. The number of nitrogens with zero attached hydrogens (tertiary/aromatic N) is 2. The summed E-state index contributed by atoms with van der Waals surface area (Å²) in [4.78, 5) is 22.2. The number of aromatic nitrogens is 4. The molecular weight excluding hydrogens is 232 g/mol. The van der Waals surface area contributed by atoms with Gasteiger partial charge in [-0.2, -0.15) is 0 Å². The van der Waals surface area contributed by atoms with Crippen LogP contribution in [0.25, 0.3) is 22.1 Å². The van der Waals surface area contributed by atoms with Crippen LogP contribution in [0.15, 0.2) is 23.3 Å². The molecule has 0 amide bonds. The van der Waals surface area contributed by atoms with Gasteiger partial charge in [0.2, 0.25) is 0 Å². The van der Waals surface area contributed by atoms with E-state index in [0.29, 0.717) is 6.61 Å². The fourth-order valence-electron chi connectivity index (χ4n) is 2.36. The van der Waals surface area contributed by atoms with E-state index in [4.69, 9.17) is 4.74 Å². The molecule has 0 aromatic carbocycles. The summed E-state index contributed by atoms with van der Waals surface area (Å²) in [5, 5.41) is 0.939. The van der Waals surface area contributed by atoms with E-state index in [0.717, 1.165) is 22.1 Å². The SMILES string of the molecule is COCC(C)n1c(=O)[nH]c2cnc3[nH]ccc3c21. The lowest BCUT2D eigenvalue weighted by Crippen LogP contribution is -2.23. The van der Waals surface area contributed by atoms with Gasteiger partial charge in [-0.25, -0.2) is 9.78 Å². The Labute approximate surface area is 103 Å². The molecule has 6 nitrogen and oxygen atoms in total. The van der Waals surface area contributed by atoms with Crippen LogP contribution >= 0.6 is 0 Å². The lowest BCUT2D eigenvalue weighted by atomic mass is 10.2. The van der Waals surface area contributed by atoms with Crippen molar-refractivity contribution >= 4 is 22.1 Å². The minimum Gasteiger partial charge on any atom is -0.383 e. The van der Waals surface area contributed by atoms with E-state index in [1.165, 1.54) is 0 Å². The molecule has 0 spiro atoms. The predicted octanol–water partition coefficient (Wildman–Crippen LogP) is 1.41. The molecule has 0 fully saturated rings. The van der Waals surface area contributed by atoms with Crippen LogP contribution in [0, 0.1) is 0 Å². The summed E-state index contributed by atoms with van der Waals surface area (Å²) in [7, 11) is 1.63. The Morgan fingerprint density at radius 3 is 3.17 bits per heavy atom. The van der Waals surface area contributed by atoms with E-state index in [1.807, 2.05) is 19.2 Å². The highest BCUT2D eigenvalue weighted by molar-refractivity contribution is 6.00. The van der Waals surface area contributed by atoms with Crippen LogP contribution < -0.4 is 5.69 Å². The van der Waals surface area contributed by atoms with Gasteiger partial charge in [-0.15, -0.1) is 0 Å². The monoisotopic (exact) mass is 246 g/mol. The number of imidazole rings is 1. The number of hydrogen-bond donors (Lipinski definition) is 2. The largest absolute Gasteiger partial charge is 0.383 e. The Kier molecular flexibility index (Phi) is 2.45. The van der Waals surface area contributed by atoms with Crippen molar-refractivity contribution in [3.8, 4) is 0 Å². The molecule has 3 aromatic rings. The first-order valence-corrected chi connectivity index (χ1v) is 5.77. The van der Waals surface area contributed by atoms with Crippen molar-refractivity contribution < 1.29 is 4.74 Å². The molecule has 3 aromatic heterocycles. The number of nitrogens with one attached hydrogen (secondary N) is 2. The van der Waals surface area contributed by atoms with E-state index in [2.05, 4.69) is 15.0 Å². The van der Waals surface area contributed by atoms with E-state index in [-0.39, 0.29) is 11.7 Å². The summed E-state index contributed by atoms with van der Waals surface area (Å²) in [6, 6.07) is 1.89. The zero-order chi connectivity index (χ0) is 12.7. The lowest BCUT2D eigenvalue weighted by molar-refractivity contribution is 0.162. The van der Waals surface area contributed by atoms with E-state index in [1.54, 1.807) is 17.9 Å². The van der Waals surface area contributed by atoms with Crippen molar-refractivity contribution in [3.05, 3.63) is 28.9 Å². The number of pyridine rings is 1. The summed E-state index contributed by atoms with van der Waals surface area (Å²) in [5.74, 6) is 0. The van der Waals surface area contributed by atoms with Gasteiger partial charge in [0, 0.05) is 18.7 Å². The number of methoxy groups -OCH3 is 1. The van der Waals surface area contributed by atoms with Crippen molar-refractivity contribution in [1.82, 2.24) is 19.5 Å². The first-order chi connectivity index (χ1) is 8.72. The zero-order valence-electron chi connectivity index (χ0n) is 10.2. The number of aromatic amines is 2. The maximum Gasteiger partial charge on any atom is 0.326 e. The predicted molar refractivity (Wildman–Crippen MR) is 68.8 cm³/mol. The molecule has 0 bridgehead atoms. The highest BCUT2D eigenvalue weighted by Crippen LogP contribution is 2.22. The van der Waals surface area contributed by atoms with Crippen LogP contribution in [0.1, 0.15) is 13.0 Å². The number of ether oxygens (including phenoxy) is 1. The molecule has 3 rings (SSSR count). The maximum atomic E-state index is 12.0. The molecular formula is C12H14N4O2. The molecule has 1 atom stereocenters. The van der Waals surface area contributed by atoms with Crippen molar-refractivity contribution in [1.29, 1.82) is 0 Å². The summed E-state index contributed by atoms with van der Waals surface area (Å²) in [5.41, 5.74) is 2.26. The summed E-state index contributed by atoms with van der Waals surface area (Å²) in [6.07, 6.45) is 3.49. The second-order valence-corrected chi connectivity index (χ2v) is 4.36. The fraction of sp³-hybridized carbons (Fsp3) is 0.333. The van der Waals surface area contributed by atoms with Gasteiger partial charge < -0.3 is 14.7 Å². The van der Waals surface area contributed by atoms with Crippen LogP contribution in [0.2, 0.25) is 0 Å². The molecule has 0 radical (unpaired) electrons. The molecule has 1 unspecified atom stereocenters. The Morgan fingerprint density at radius 1 is 1.56 bits per heavy atom. The molecule has 6 heteroatoms. The van der Waals surface area contributed by atoms with E-state index < -0.39 is 0 Å². The fourth-order valence-corrected chi connectivity index (χ4v) is 2.36. The number of fused-ring (bicyclic) bond motifs is 3. The van der Waals surface area contributed by atoms with Crippen LogP contribution in [0.5, 0.6) is 0 Å². The quantitative estimate of drug-likeness (QED) is 0.733. The van der Waals surface area contributed by atoms with Crippen LogP contribution in [-0.4, -0.2) is 33.2 Å². The third-order valence-electron chi connectivity index (χ3n) is 3.11. The Bertz CT molecular complexity index is 752. The highest BCUT2D eigenvalue weighted by atomic mass is 16.5.